The molecule has 0 amide bonds. The SMILES string of the molecule is CCC1=CC2=C(C=CC=CC2c2cc(Cl)c3ccccc3c2)C1[Si](C)(C)C1C(CC)=CC2=C1C=CC=CC2c1cc(Cl)c2ccccc2c1. The first-order chi connectivity index (χ1) is 23.8. The van der Waals surface area contributed by atoms with E-state index in [1.807, 2.05) is 0 Å². The van der Waals surface area contributed by atoms with Crippen LogP contribution in [0.3, 0.4) is 0 Å². The minimum Gasteiger partial charge on any atom is -0.0837 e. The predicted molar refractivity (Wildman–Crippen MR) is 216 cm³/mol. The van der Waals surface area contributed by atoms with Crippen LogP contribution in [0.5, 0.6) is 0 Å². The van der Waals surface area contributed by atoms with Gasteiger partial charge in [0, 0.05) is 43.7 Å². The molecule has 0 fully saturated rings. The first-order valence-corrected chi connectivity index (χ1v) is 21.7. The summed E-state index contributed by atoms with van der Waals surface area (Å²) in [4.78, 5) is 0. The first-order valence-electron chi connectivity index (χ1n) is 17.7. The van der Waals surface area contributed by atoms with Crippen LogP contribution < -0.4 is 0 Å². The number of allylic oxidation sites excluding steroid dienone is 16. The minimum atomic E-state index is -2.10. The number of fused-ring (bicyclic) bond motifs is 2. The zero-order valence-electron chi connectivity index (χ0n) is 28.7. The highest BCUT2D eigenvalue weighted by Crippen LogP contribution is 2.59. The molecule has 4 aliphatic carbocycles. The summed E-state index contributed by atoms with van der Waals surface area (Å²) in [5.74, 6) is 0.319. The largest absolute Gasteiger partial charge is 0.0837 e. The van der Waals surface area contributed by atoms with E-state index in [4.69, 9.17) is 23.2 Å². The Labute approximate surface area is 302 Å². The van der Waals surface area contributed by atoms with Gasteiger partial charge >= 0.3 is 0 Å². The lowest BCUT2D eigenvalue weighted by molar-refractivity contribution is 0.924. The van der Waals surface area contributed by atoms with Crippen molar-refractivity contribution in [2.45, 2.75) is 62.7 Å². The number of benzene rings is 4. The third-order valence-corrected chi connectivity index (χ3v) is 16.4. The summed E-state index contributed by atoms with van der Waals surface area (Å²) >= 11 is 13.8. The Hall–Kier alpha value is -3.88. The monoisotopic (exact) mass is 692 g/mol. The van der Waals surface area contributed by atoms with Crippen molar-refractivity contribution in [3.05, 3.63) is 188 Å². The Kier molecular flexibility index (Phi) is 8.43. The molecule has 3 heteroatoms. The highest BCUT2D eigenvalue weighted by molar-refractivity contribution is 6.83. The standard InChI is InChI=1S/C46H42Cl2Si/c1-5-29-25-41-35(33-23-31-15-7-9-19-37(31)43(47)27-33)17-11-13-21-39(41)45(29)49(3,4)46-30(6-2)26-42-36(18-12-14-22-40(42)46)34-24-32-16-8-10-20-38(32)44(48)28-34/h7-28,35-36,45-46H,5-6H2,1-4H3. The maximum atomic E-state index is 6.92. The van der Waals surface area contributed by atoms with Gasteiger partial charge in [-0.15, -0.1) is 0 Å². The van der Waals surface area contributed by atoms with E-state index in [9.17, 15) is 0 Å². The molecule has 0 heterocycles. The van der Waals surface area contributed by atoms with Crippen molar-refractivity contribution >= 4 is 52.8 Å². The van der Waals surface area contributed by atoms with Crippen LogP contribution in [0.1, 0.15) is 49.7 Å². The van der Waals surface area contributed by atoms with Crippen molar-refractivity contribution in [3.63, 3.8) is 0 Å². The summed E-state index contributed by atoms with van der Waals surface area (Å²) < 4.78 is 0. The van der Waals surface area contributed by atoms with Gasteiger partial charge in [-0.1, -0.05) is 183 Å². The van der Waals surface area contributed by atoms with Crippen LogP contribution in [0, 0.1) is 0 Å². The fourth-order valence-corrected chi connectivity index (χ4v) is 14.9. The van der Waals surface area contributed by atoms with Gasteiger partial charge in [0.2, 0.25) is 0 Å². The molecule has 49 heavy (non-hydrogen) atoms. The molecule has 8 rings (SSSR count). The average Bonchev–Trinajstić information content (AvgIpc) is 3.51. The van der Waals surface area contributed by atoms with E-state index >= 15 is 0 Å². The lowest BCUT2D eigenvalue weighted by atomic mass is 9.88. The summed E-state index contributed by atoms with van der Waals surface area (Å²) in [6.45, 7) is 10.0. The van der Waals surface area contributed by atoms with Gasteiger partial charge in [-0.25, -0.2) is 0 Å². The summed E-state index contributed by atoms with van der Waals surface area (Å²) in [5.41, 5.74) is 12.4. The van der Waals surface area contributed by atoms with E-state index in [0.29, 0.717) is 11.1 Å². The van der Waals surface area contributed by atoms with E-state index in [1.54, 1.807) is 11.1 Å². The quantitative estimate of drug-likeness (QED) is 0.176. The smallest absolute Gasteiger partial charge is 0.0722 e. The Morgan fingerprint density at radius 2 is 0.980 bits per heavy atom. The fraction of sp³-hybridized carbons (Fsp3) is 0.217. The Bertz CT molecular complexity index is 2110. The van der Waals surface area contributed by atoms with E-state index in [0.717, 1.165) is 33.7 Å². The van der Waals surface area contributed by atoms with Gasteiger partial charge in [-0.3, -0.25) is 0 Å². The summed E-state index contributed by atoms with van der Waals surface area (Å²) in [7, 11) is -2.10. The molecule has 4 unspecified atom stereocenters. The Balaban J connectivity index is 1.24. The van der Waals surface area contributed by atoms with Gasteiger partial charge in [0.05, 0.1) is 8.07 Å². The van der Waals surface area contributed by atoms with Crippen LogP contribution in [0.4, 0.5) is 0 Å². The fourth-order valence-electron chi connectivity index (χ4n) is 9.31. The molecule has 4 aromatic rings. The molecule has 0 radical (unpaired) electrons. The van der Waals surface area contributed by atoms with Crippen molar-refractivity contribution in [1.82, 2.24) is 0 Å². The maximum absolute atomic E-state index is 6.92. The zero-order valence-corrected chi connectivity index (χ0v) is 31.2. The molecule has 0 saturated heterocycles. The van der Waals surface area contributed by atoms with Crippen molar-refractivity contribution < 1.29 is 0 Å². The van der Waals surface area contributed by atoms with Crippen LogP contribution in [0.2, 0.25) is 34.2 Å². The molecule has 244 valence electrons. The molecule has 4 aliphatic rings. The zero-order chi connectivity index (χ0) is 33.9. The number of rotatable bonds is 6. The lowest BCUT2D eigenvalue weighted by Gasteiger charge is -2.41. The number of halogens is 2. The van der Waals surface area contributed by atoms with Crippen LogP contribution >= 0.6 is 23.2 Å². The van der Waals surface area contributed by atoms with E-state index in [1.165, 1.54) is 44.2 Å². The average molecular weight is 694 g/mol. The lowest BCUT2D eigenvalue weighted by Crippen LogP contribution is -2.40. The topological polar surface area (TPSA) is 0 Å². The van der Waals surface area contributed by atoms with Crippen molar-refractivity contribution in [1.29, 1.82) is 0 Å². The predicted octanol–water partition coefficient (Wildman–Crippen LogP) is 14.2. The van der Waals surface area contributed by atoms with Gasteiger partial charge in [-0.05, 0) is 69.2 Å². The van der Waals surface area contributed by atoms with Crippen molar-refractivity contribution in [2.75, 3.05) is 0 Å². The second-order valence-corrected chi connectivity index (χ2v) is 20.2. The molecular weight excluding hydrogens is 651 g/mol. The molecule has 0 saturated carbocycles. The Morgan fingerprint density at radius 3 is 1.41 bits per heavy atom. The van der Waals surface area contributed by atoms with Gasteiger partial charge in [0.15, 0.2) is 0 Å². The molecule has 0 N–H and O–H groups in total. The summed E-state index contributed by atoms with van der Waals surface area (Å²) in [6, 6.07) is 26.0. The maximum Gasteiger partial charge on any atom is 0.0722 e. The molecule has 0 nitrogen and oxygen atoms in total. The molecule has 0 aromatic heterocycles. The highest BCUT2D eigenvalue weighted by Gasteiger charge is 2.49. The van der Waals surface area contributed by atoms with E-state index < -0.39 is 8.07 Å². The van der Waals surface area contributed by atoms with E-state index in [-0.39, 0.29) is 11.8 Å². The molecule has 0 aliphatic heterocycles. The molecule has 4 atom stereocenters. The van der Waals surface area contributed by atoms with Gasteiger partial charge in [0.25, 0.3) is 0 Å². The van der Waals surface area contributed by atoms with Crippen LogP contribution in [0.25, 0.3) is 21.5 Å². The minimum absolute atomic E-state index is 0.159. The van der Waals surface area contributed by atoms with Gasteiger partial charge in [0.1, 0.15) is 0 Å². The molecule has 0 bridgehead atoms. The summed E-state index contributed by atoms with van der Waals surface area (Å²) in [6.07, 6.45) is 25.8. The molecule has 4 aromatic carbocycles. The Morgan fingerprint density at radius 1 is 0.551 bits per heavy atom. The first kappa shape index (κ1) is 32.3. The summed E-state index contributed by atoms with van der Waals surface area (Å²) in [5, 5.41) is 6.26. The van der Waals surface area contributed by atoms with Gasteiger partial charge in [-0.2, -0.15) is 0 Å². The third-order valence-electron chi connectivity index (χ3n) is 11.5. The highest BCUT2D eigenvalue weighted by atomic mass is 35.5. The number of hydrogen-bond donors (Lipinski definition) is 0. The second-order valence-electron chi connectivity index (χ2n) is 14.5. The van der Waals surface area contributed by atoms with Crippen molar-refractivity contribution in [3.8, 4) is 0 Å². The van der Waals surface area contributed by atoms with Crippen LogP contribution in [-0.4, -0.2) is 8.07 Å². The molecular formula is C46H42Cl2Si. The second kappa shape index (κ2) is 12.8. The van der Waals surface area contributed by atoms with E-state index in [2.05, 4.69) is 160 Å². The van der Waals surface area contributed by atoms with Crippen LogP contribution in [-0.2, 0) is 0 Å². The molecule has 0 spiro atoms. The number of hydrogen-bond acceptors (Lipinski definition) is 0. The van der Waals surface area contributed by atoms with Gasteiger partial charge < -0.3 is 0 Å². The van der Waals surface area contributed by atoms with Crippen LogP contribution in [0.15, 0.2) is 167 Å². The van der Waals surface area contributed by atoms with Crippen molar-refractivity contribution in [2.24, 2.45) is 0 Å². The third kappa shape index (κ3) is 5.42. The normalized spacial score (nSPS) is 23.2.